The Bertz CT molecular complexity index is 61.9. The van der Waals surface area contributed by atoms with Crippen LogP contribution in [0.5, 0.6) is 0 Å². The van der Waals surface area contributed by atoms with E-state index in [4.69, 9.17) is 5.41 Å². The van der Waals surface area contributed by atoms with Crippen molar-refractivity contribution in [2.75, 3.05) is 11.5 Å². The predicted octanol–water partition coefficient (Wildman–Crippen LogP) is 1.14. The lowest BCUT2D eigenvalue weighted by Gasteiger charge is -1.76. The van der Waals surface area contributed by atoms with Gasteiger partial charge in [-0.3, -0.25) is 0 Å². The van der Waals surface area contributed by atoms with Gasteiger partial charge in [-0.2, -0.15) is 11.8 Å². The fourth-order valence-electron chi connectivity index (χ4n) is 0.463. The number of hydrogen-bond donors (Lipinski definition) is 1. The van der Waals surface area contributed by atoms with E-state index < -0.39 is 0 Å². The average molecular weight is 101 g/mol. The quantitative estimate of drug-likeness (QED) is 0.486. The summed E-state index contributed by atoms with van der Waals surface area (Å²) in [7, 11) is 0. The fraction of sp³-hybridized carbons (Fsp3) is 0.750. The Hall–Kier alpha value is 0.0200. The Morgan fingerprint density at radius 3 is 2.67 bits per heavy atom. The molecule has 0 bridgehead atoms. The largest absolute Gasteiger partial charge is 0.309 e. The van der Waals surface area contributed by atoms with Crippen molar-refractivity contribution in [3.8, 4) is 0 Å². The van der Waals surface area contributed by atoms with E-state index in [-0.39, 0.29) is 0 Å². The van der Waals surface area contributed by atoms with Gasteiger partial charge in [0.15, 0.2) is 0 Å². The minimum Gasteiger partial charge on any atom is -0.309 e. The summed E-state index contributed by atoms with van der Waals surface area (Å²) in [5, 5.41) is 7.03. The maximum absolute atomic E-state index is 7.03. The molecule has 0 unspecified atom stereocenters. The molecule has 6 heavy (non-hydrogen) atoms. The van der Waals surface area contributed by atoms with Crippen molar-refractivity contribution < 1.29 is 0 Å². The maximum Gasteiger partial charge on any atom is 0.0312 e. The average Bonchev–Trinajstić information content (AvgIpc) is 1.86. The van der Waals surface area contributed by atoms with E-state index in [1.165, 1.54) is 5.75 Å². The Morgan fingerprint density at radius 1 is 1.67 bits per heavy atom. The van der Waals surface area contributed by atoms with E-state index in [1.54, 1.807) is 0 Å². The summed E-state index contributed by atoms with van der Waals surface area (Å²) in [6, 6.07) is 0. The molecule has 0 amide bonds. The zero-order valence-electron chi connectivity index (χ0n) is 3.53. The first-order valence-corrected chi connectivity index (χ1v) is 3.19. The number of nitrogens with one attached hydrogen (secondary N) is 1. The minimum atomic E-state index is 0.917. The number of thioether (sulfide) groups is 1. The zero-order valence-corrected chi connectivity index (χ0v) is 4.35. The molecule has 0 spiro atoms. The number of hydrogen-bond acceptors (Lipinski definition) is 2. The first kappa shape index (κ1) is 4.19. The summed E-state index contributed by atoms with van der Waals surface area (Å²) in [5.74, 6) is 2.17. The van der Waals surface area contributed by atoms with Gasteiger partial charge in [0, 0.05) is 11.5 Å². The highest BCUT2D eigenvalue weighted by atomic mass is 32.2. The molecule has 1 rings (SSSR count). The Labute approximate surface area is 41.6 Å². The van der Waals surface area contributed by atoms with Crippen LogP contribution in [-0.2, 0) is 0 Å². The maximum atomic E-state index is 7.03. The third-order valence-electron chi connectivity index (χ3n) is 0.824. The van der Waals surface area contributed by atoms with E-state index in [9.17, 15) is 0 Å². The fourth-order valence-corrected chi connectivity index (χ4v) is 1.39. The van der Waals surface area contributed by atoms with E-state index >= 15 is 0 Å². The second-order valence-corrected chi connectivity index (χ2v) is 2.51. The van der Waals surface area contributed by atoms with Crippen molar-refractivity contribution in [2.24, 2.45) is 0 Å². The smallest absolute Gasteiger partial charge is 0.0312 e. The van der Waals surface area contributed by atoms with E-state index in [1.807, 2.05) is 11.8 Å². The highest BCUT2D eigenvalue weighted by molar-refractivity contribution is 8.00. The second-order valence-electron chi connectivity index (χ2n) is 1.41. The molecule has 0 aromatic carbocycles. The second kappa shape index (κ2) is 1.65. The first-order chi connectivity index (χ1) is 2.89. The van der Waals surface area contributed by atoms with Crippen molar-refractivity contribution in [1.82, 2.24) is 0 Å². The van der Waals surface area contributed by atoms with Crippen molar-refractivity contribution >= 4 is 17.5 Å². The predicted molar refractivity (Wildman–Crippen MR) is 29.7 cm³/mol. The molecule has 1 fully saturated rings. The molecule has 0 radical (unpaired) electrons. The molecule has 1 aliphatic rings. The van der Waals surface area contributed by atoms with Gasteiger partial charge in [-0.05, 0) is 12.2 Å². The minimum absolute atomic E-state index is 0.917. The molecule has 0 aromatic rings. The van der Waals surface area contributed by atoms with Crippen LogP contribution in [0.3, 0.4) is 0 Å². The molecule has 0 aliphatic carbocycles. The molecular weight excluding hydrogens is 94.1 g/mol. The molecule has 1 aliphatic heterocycles. The lowest BCUT2D eigenvalue weighted by atomic mass is 10.3. The molecule has 34 valence electrons. The van der Waals surface area contributed by atoms with Gasteiger partial charge in [0.2, 0.25) is 0 Å². The normalized spacial score (nSPS) is 22.3. The summed E-state index contributed by atoms with van der Waals surface area (Å²) < 4.78 is 0. The van der Waals surface area contributed by atoms with Gasteiger partial charge < -0.3 is 5.41 Å². The van der Waals surface area contributed by atoms with Crippen LogP contribution in [0.15, 0.2) is 0 Å². The third kappa shape index (κ3) is 0.744. The van der Waals surface area contributed by atoms with Crippen molar-refractivity contribution in [2.45, 2.75) is 6.42 Å². The summed E-state index contributed by atoms with van der Waals surface area (Å²) in [5.41, 5.74) is 0.917. The van der Waals surface area contributed by atoms with Crippen LogP contribution >= 0.6 is 11.8 Å². The molecule has 1 saturated heterocycles. The molecule has 1 N–H and O–H groups in total. The van der Waals surface area contributed by atoms with Crippen LogP contribution in [0.4, 0.5) is 0 Å². The monoisotopic (exact) mass is 101 g/mol. The van der Waals surface area contributed by atoms with Crippen LogP contribution in [0.2, 0.25) is 0 Å². The molecule has 1 heterocycles. The van der Waals surface area contributed by atoms with Crippen LogP contribution in [0, 0.1) is 5.41 Å². The zero-order chi connectivity index (χ0) is 4.41. The van der Waals surface area contributed by atoms with Crippen LogP contribution in [0.1, 0.15) is 6.42 Å². The Balaban J connectivity index is 2.37. The third-order valence-corrected chi connectivity index (χ3v) is 1.87. The molecule has 0 aromatic heterocycles. The van der Waals surface area contributed by atoms with Gasteiger partial charge in [0.25, 0.3) is 0 Å². The summed E-state index contributed by atoms with van der Waals surface area (Å²) in [6.45, 7) is 0. The van der Waals surface area contributed by atoms with Crippen LogP contribution < -0.4 is 0 Å². The Morgan fingerprint density at radius 2 is 2.50 bits per heavy atom. The Kier molecular flexibility index (Phi) is 1.15. The standard InChI is InChI=1S/C4H7NS/c5-4-1-2-6-3-4/h5H,1-3H2. The van der Waals surface area contributed by atoms with Crippen LogP contribution in [0.25, 0.3) is 0 Å². The van der Waals surface area contributed by atoms with Gasteiger partial charge in [0.1, 0.15) is 0 Å². The van der Waals surface area contributed by atoms with Gasteiger partial charge in [-0.1, -0.05) is 0 Å². The van der Waals surface area contributed by atoms with Crippen LogP contribution in [-0.4, -0.2) is 17.2 Å². The molecule has 0 saturated carbocycles. The lowest BCUT2D eigenvalue weighted by molar-refractivity contribution is 1.29. The SMILES string of the molecule is N=C1CCSC1. The summed E-state index contributed by atoms with van der Waals surface area (Å²) >= 11 is 1.86. The number of rotatable bonds is 0. The lowest BCUT2D eigenvalue weighted by Crippen LogP contribution is -1.87. The summed E-state index contributed by atoms with van der Waals surface area (Å²) in [4.78, 5) is 0. The first-order valence-electron chi connectivity index (χ1n) is 2.03. The van der Waals surface area contributed by atoms with Gasteiger partial charge in [-0.25, -0.2) is 0 Å². The molecule has 0 atom stereocenters. The van der Waals surface area contributed by atoms with Gasteiger partial charge >= 0.3 is 0 Å². The topological polar surface area (TPSA) is 23.9 Å². The molecule has 2 heteroatoms. The molecule has 1 nitrogen and oxygen atoms in total. The highest BCUT2D eigenvalue weighted by Crippen LogP contribution is 2.11. The van der Waals surface area contributed by atoms with E-state index in [0.29, 0.717) is 0 Å². The van der Waals surface area contributed by atoms with Gasteiger partial charge in [-0.15, -0.1) is 0 Å². The van der Waals surface area contributed by atoms with E-state index in [0.717, 1.165) is 17.9 Å². The molecular formula is C4H7NS. The van der Waals surface area contributed by atoms with Crippen molar-refractivity contribution in [1.29, 1.82) is 5.41 Å². The van der Waals surface area contributed by atoms with Gasteiger partial charge in [0.05, 0.1) is 0 Å². The van der Waals surface area contributed by atoms with Crippen molar-refractivity contribution in [3.05, 3.63) is 0 Å². The summed E-state index contributed by atoms with van der Waals surface area (Å²) in [6.07, 6.45) is 1.03. The van der Waals surface area contributed by atoms with Crippen molar-refractivity contribution in [3.63, 3.8) is 0 Å². The van der Waals surface area contributed by atoms with E-state index in [2.05, 4.69) is 0 Å². The highest BCUT2D eigenvalue weighted by Gasteiger charge is 2.03.